The van der Waals surface area contributed by atoms with Gasteiger partial charge in [-0.05, 0) is 43.0 Å². The molecular formula is C31H38ClN2O3+. The second kappa shape index (κ2) is 10.1. The third-order valence-corrected chi connectivity index (χ3v) is 9.66. The number of oxazole rings is 1. The molecule has 37 heavy (non-hydrogen) atoms. The van der Waals surface area contributed by atoms with Gasteiger partial charge in [0.05, 0.1) is 19.3 Å². The van der Waals surface area contributed by atoms with Crippen LogP contribution in [0.1, 0.15) is 67.7 Å². The number of hydrogen-bond donors (Lipinski definition) is 1. The first kappa shape index (κ1) is 25.0. The van der Waals surface area contributed by atoms with Crippen molar-refractivity contribution in [3.05, 3.63) is 82.5 Å². The number of piperidine rings is 3. The summed E-state index contributed by atoms with van der Waals surface area (Å²) in [5.41, 5.74) is 0.758. The van der Waals surface area contributed by atoms with Crippen molar-refractivity contribution in [3.8, 4) is 5.75 Å². The van der Waals surface area contributed by atoms with Crippen molar-refractivity contribution in [3.63, 3.8) is 0 Å². The van der Waals surface area contributed by atoms with Gasteiger partial charge in [0.1, 0.15) is 18.8 Å². The average Bonchev–Trinajstić information content (AvgIpc) is 3.40. The fraction of sp³-hybridized carbons (Fsp3) is 0.516. The fourth-order valence-electron chi connectivity index (χ4n) is 7.03. The zero-order valence-corrected chi connectivity index (χ0v) is 22.5. The van der Waals surface area contributed by atoms with Crippen LogP contribution in [-0.4, -0.2) is 40.3 Å². The summed E-state index contributed by atoms with van der Waals surface area (Å²) in [7, 11) is 0. The zero-order valence-electron chi connectivity index (χ0n) is 21.7. The van der Waals surface area contributed by atoms with Crippen LogP contribution in [0.3, 0.4) is 0 Å². The Kier molecular flexibility index (Phi) is 6.81. The van der Waals surface area contributed by atoms with Gasteiger partial charge in [-0.1, -0.05) is 67.3 Å². The number of rotatable bonds is 7. The standard InChI is InChI=1S/C31H38ClN2O3/c1-22-12-13-26(18-28(22)32)36-29-21-34(16-14-23(29)15-17-34)20-27-19-33-30(37-27)31(35,24-8-4-2-5-9-24)25-10-6-3-7-11-25/h2,4-5,8-9,12-13,18-19,23,25,29,35H,3,6-7,10-11,14-17,20-21H2,1H3/q+1/t23?,29-,31?,34?/m0/s1. The molecule has 196 valence electrons. The SMILES string of the molecule is Cc1ccc(O[C@H]2C[N+]3(Cc4cnc(C(O)(c5ccccc5)C5CCCCC5)o4)CCC2CC3)cc1Cl. The number of benzene rings is 2. The minimum atomic E-state index is -1.19. The van der Waals surface area contributed by atoms with E-state index in [0.717, 1.165) is 96.8 Å². The molecule has 4 fully saturated rings. The molecule has 6 heteroatoms. The van der Waals surface area contributed by atoms with Crippen LogP contribution in [0.15, 0.2) is 59.1 Å². The van der Waals surface area contributed by atoms with E-state index in [2.05, 4.69) is 0 Å². The van der Waals surface area contributed by atoms with E-state index in [9.17, 15) is 5.11 Å². The van der Waals surface area contributed by atoms with Gasteiger partial charge in [0.25, 0.3) is 0 Å². The Labute approximate surface area is 225 Å². The molecule has 1 aromatic heterocycles. The first-order valence-corrected chi connectivity index (χ1v) is 14.3. The van der Waals surface area contributed by atoms with Crippen molar-refractivity contribution < 1.29 is 18.7 Å². The fourth-order valence-corrected chi connectivity index (χ4v) is 7.20. The van der Waals surface area contributed by atoms with E-state index in [1.807, 2.05) is 61.7 Å². The molecule has 1 aliphatic carbocycles. The summed E-state index contributed by atoms with van der Waals surface area (Å²) in [6.45, 7) is 6.00. The summed E-state index contributed by atoms with van der Waals surface area (Å²) in [6.07, 6.45) is 9.84. The molecule has 2 atom stereocenters. The maximum Gasteiger partial charge on any atom is 0.231 e. The van der Waals surface area contributed by atoms with Gasteiger partial charge in [-0.2, -0.15) is 0 Å². The molecule has 0 amide bonds. The van der Waals surface area contributed by atoms with Gasteiger partial charge in [-0.3, -0.25) is 0 Å². The highest BCUT2D eigenvalue weighted by molar-refractivity contribution is 6.31. The van der Waals surface area contributed by atoms with Gasteiger partial charge >= 0.3 is 0 Å². The second-order valence-corrected chi connectivity index (χ2v) is 12.0. The van der Waals surface area contributed by atoms with E-state index >= 15 is 0 Å². The first-order chi connectivity index (χ1) is 18.0. The molecule has 3 aromatic rings. The summed E-state index contributed by atoms with van der Waals surface area (Å²) in [6, 6.07) is 16.0. The monoisotopic (exact) mass is 521 g/mol. The van der Waals surface area contributed by atoms with E-state index in [0.29, 0.717) is 11.8 Å². The Balaban J connectivity index is 1.23. The lowest BCUT2D eigenvalue weighted by Crippen LogP contribution is -2.64. The van der Waals surface area contributed by atoms with Crippen molar-refractivity contribution in [1.29, 1.82) is 0 Å². The van der Waals surface area contributed by atoms with Crippen LogP contribution in [-0.2, 0) is 12.1 Å². The van der Waals surface area contributed by atoms with Crippen molar-refractivity contribution in [2.24, 2.45) is 11.8 Å². The first-order valence-electron chi connectivity index (χ1n) is 14.0. The smallest absolute Gasteiger partial charge is 0.231 e. The molecule has 3 saturated heterocycles. The van der Waals surface area contributed by atoms with Gasteiger partial charge in [0.15, 0.2) is 17.5 Å². The molecule has 1 saturated carbocycles. The molecule has 0 spiro atoms. The molecule has 5 nitrogen and oxygen atoms in total. The molecule has 2 aromatic carbocycles. The maximum absolute atomic E-state index is 12.2. The number of hydrogen-bond acceptors (Lipinski definition) is 4. The number of nitrogens with zero attached hydrogens (tertiary/aromatic N) is 2. The van der Waals surface area contributed by atoms with Crippen LogP contribution < -0.4 is 4.74 Å². The number of halogens is 1. The molecular weight excluding hydrogens is 484 g/mol. The quantitative estimate of drug-likeness (QED) is 0.354. The number of quaternary nitrogens is 1. The van der Waals surface area contributed by atoms with Crippen molar-refractivity contribution in [1.82, 2.24) is 4.98 Å². The average molecular weight is 522 g/mol. The van der Waals surface area contributed by atoms with Gasteiger partial charge in [0, 0.05) is 29.7 Å². The minimum absolute atomic E-state index is 0.118. The van der Waals surface area contributed by atoms with Crippen molar-refractivity contribution >= 4 is 11.6 Å². The summed E-state index contributed by atoms with van der Waals surface area (Å²) in [4.78, 5) is 4.72. The lowest BCUT2D eigenvalue weighted by atomic mass is 9.73. The van der Waals surface area contributed by atoms with E-state index in [1.165, 1.54) is 6.42 Å². The van der Waals surface area contributed by atoms with Crippen LogP contribution >= 0.6 is 11.6 Å². The van der Waals surface area contributed by atoms with Crippen LogP contribution in [0.4, 0.5) is 0 Å². The van der Waals surface area contributed by atoms with E-state index in [-0.39, 0.29) is 12.0 Å². The Morgan fingerprint density at radius 3 is 2.54 bits per heavy atom. The third kappa shape index (κ3) is 4.82. The zero-order chi connectivity index (χ0) is 25.5. The number of ether oxygens (including phenoxy) is 1. The van der Waals surface area contributed by atoms with E-state index in [4.69, 9.17) is 25.7 Å². The minimum Gasteiger partial charge on any atom is -0.484 e. The third-order valence-electron chi connectivity index (χ3n) is 9.25. The molecule has 1 unspecified atom stereocenters. The molecule has 0 radical (unpaired) electrons. The summed E-state index contributed by atoms with van der Waals surface area (Å²) in [5, 5.41) is 12.9. The Morgan fingerprint density at radius 1 is 1.05 bits per heavy atom. The number of fused-ring (bicyclic) bond motifs is 3. The maximum atomic E-state index is 12.2. The largest absolute Gasteiger partial charge is 0.484 e. The van der Waals surface area contributed by atoms with Crippen LogP contribution in [0.2, 0.25) is 5.02 Å². The number of aromatic nitrogens is 1. The van der Waals surface area contributed by atoms with Crippen molar-refractivity contribution in [2.75, 3.05) is 19.6 Å². The van der Waals surface area contributed by atoms with Gasteiger partial charge < -0.3 is 18.7 Å². The summed E-state index contributed by atoms with van der Waals surface area (Å²) in [5.74, 6) is 2.87. The van der Waals surface area contributed by atoms with Gasteiger partial charge in [-0.25, -0.2) is 4.98 Å². The molecule has 3 aliphatic heterocycles. The topological polar surface area (TPSA) is 55.5 Å². The molecule has 1 N–H and O–H groups in total. The predicted octanol–water partition coefficient (Wildman–Crippen LogP) is 6.64. The Morgan fingerprint density at radius 2 is 1.81 bits per heavy atom. The van der Waals surface area contributed by atoms with E-state index in [1.54, 1.807) is 0 Å². The lowest BCUT2D eigenvalue weighted by molar-refractivity contribution is -0.958. The van der Waals surface area contributed by atoms with E-state index < -0.39 is 5.60 Å². The normalized spacial score (nSPS) is 27.6. The summed E-state index contributed by atoms with van der Waals surface area (Å²) >= 11 is 6.36. The number of aryl methyl sites for hydroxylation is 1. The lowest BCUT2D eigenvalue weighted by Gasteiger charge is -2.51. The van der Waals surface area contributed by atoms with Crippen molar-refractivity contribution in [2.45, 2.75) is 70.1 Å². The molecule has 4 aliphatic rings. The van der Waals surface area contributed by atoms with Crippen LogP contribution in [0.25, 0.3) is 0 Å². The Bertz CT molecular complexity index is 1210. The van der Waals surface area contributed by atoms with Crippen LogP contribution in [0, 0.1) is 18.8 Å². The molecule has 7 rings (SSSR count). The summed E-state index contributed by atoms with van der Waals surface area (Å²) < 4.78 is 13.9. The highest BCUT2D eigenvalue weighted by Crippen LogP contribution is 2.44. The highest BCUT2D eigenvalue weighted by Gasteiger charge is 2.49. The van der Waals surface area contributed by atoms with Gasteiger partial charge in [-0.15, -0.1) is 0 Å². The highest BCUT2D eigenvalue weighted by atomic mass is 35.5. The van der Waals surface area contributed by atoms with Crippen LogP contribution in [0.5, 0.6) is 5.75 Å². The van der Waals surface area contributed by atoms with Gasteiger partial charge in [0.2, 0.25) is 5.89 Å². The second-order valence-electron chi connectivity index (χ2n) is 11.6. The number of aliphatic hydroxyl groups is 1. The molecule has 4 heterocycles. The molecule has 2 bridgehead atoms. The predicted molar refractivity (Wildman–Crippen MR) is 144 cm³/mol. The Hall–Kier alpha value is -2.34.